The van der Waals surface area contributed by atoms with Gasteiger partial charge in [0.15, 0.2) is 5.82 Å². The molecule has 1 heterocycles. The zero-order chi connectivity index (χ0) is 9.47. The van der Waals surface area contributed by atoms with Crippen molar-refractivity contribution in [2.45, 2.75) is 38.6 Å². The molecule has 2 unspecified atom stereocenters. The van der Waals surface area contributed by atoms with E-state index in [1.165, 1.54) is 0 Å². The van der Waals surface area contributed by atoms with Crippen molar-refractivity contribution in [2.24, 2.45) is 11.7 Å². The van der Waals surface area contributed by atoms with Gasteiger partial charge >= 0.3 is 0 Å². The highest BCUT2D eigenvalue weighted by Crippen LogP contribution is 2.38. The molecular weight excluding hydrogens is 166 g/mol. The average molecular weight is 181 g/mol. The van der Waals surface area contributed by atoms with Crippen molar-refractivity contribution in [3.8, 4) is 0 Å². The summed E-state index contributed by atoms with van der Waals surface area (Å²) < 4.78 is 4.94. The molecule has 0 spiro atoms. The van der Waals surface area contributed by atoms with Crippen LogP contribution < -0.4 is 5.73 Å². The van der Waals surface area contributed by atoms with Gasteiger partial charge in [-0.2, -0.15) is 4.98 Å². The Morgan fingerprint density at radius 1 is 1.62 bits per heavy atom. The first kappa shape index (κ1) is 8.69. The summed E-state index contributed by atoms with van der Waals surface area (Å²) in [7, 11) is 0. The largest absolute Gasteiger partial charge is 0.340 e. The minimum atomic E-state index is -0.336. The van der Waals surface area contributed by atoms with Crippen LogP contribution in [0.5, 0.6) is 0 Å². The Balaban J connectivity index is 2.25. The number of rotatable bonds is 1. The molecule has 0 aromatic carbocycles. The van der Waals surface area contributed by atoms with Gasteiger partial charge < -0.3 is 10.3 Å². The van der Waals surface area contributed by atoms with E-state index in [0.29, 0.717) is 17.6 Å². The summed E-state index contributed by atoms with van der Waals surface area (Å²) in [5.41, 5.74) is 5.86. The fourth-order valence-corrected chi connectivity index (χ4v) is 2.03. The van der Waals surface area contributed by atoms with Crippen LogP contribution in [0.4, 0.5) is 0 Å². The molecule has 2 atom stereocenters. The van der Waals surface area contributed by atoms with E-state index in [-0.39, 0.29) is 5.54 Å². The quantitative estimate of drug-likeness (QED) is 0.710. The van der Waals surface area contributed by atoms with Crippen LogP contribution in [-0.4, -0.2) is 10.1 Å². The molecule has 0 bridgehead atoms. The van der Waals surface area contributed by atoms with E-state index < -0.39 is 0 Å². The lowest BCUT2D eigenvalue weighted by molar-refractivity contribution is 0.352. The topological polar surface area (TPSA) is 64.9 Å². The Morgan fingerprint density at radius 3 is 2.85 bits per heavy atom. The number of hydrogen-bond acceptors (Lipinski definition) is 4. The van der Waals surface area contributed by atoms with Crippen molar-refractivity contribution in [3.63, 3.8) is 0 Å². The third kappa shape index (κ3) is 1.46. The summed E-state index contributed by atoms with van der Waals surface area (Å²) >= 11 is 0. The Labute approximate surface area is 77.5 Å². The lowest BCUT2D eigenvalue weighted by Crippen LogP contribution is -2.34. The van der Waals surface area contributed by atoms with Crippen LogP contribution >= 0.6 is 0 Å². The predicted octanol–water partition coefficient (Wildman–Crippen LogP) is 1.35. The SMILES string of the molecule is Cc1nc(C2(N)CCC(C)C2)no1. The Hall–Kier alpha value is -0.900. The second-order valence-corrected chi connectivity index (χ2v) is 4.14. The van der Waals surface area contributed by atoms with E-state index >= 15 is 0 Å². The third-order valence-electron chi connectivity index (χ3n) is 2.77. The second-order valence-electron chi connectivity index (χ2n) is 4.14. The molecule has 0 aliphatic heterocycles. The highest BCUT2D eigenvalue weighted by molar-refractivity contribution is 5.07. The van der Waals surface area contributed by atoms with Crippen LogP contribution in [0, 0.1) is 12.8 Å². The number of aromatic nitrogens is 2. The van der Waals surface area contributed by atoms with Crippen LogP contribution in [0.3, 0.4) is 0 Å². The number of nitrogens with zero attached hydrogens (tertiary/aromatic N) is 2. The maximum absolute atomic E-state index is 6.20. The van der Waals surface area contributed by atoms with Gasteiger partial charge in [0.1, 0.15) is 0 Å². The first-order valence-electron chi connectivity index (χ1n) is 4.70. The number of aryl methyl sites for hydroxylation is 1. The highest BCUT2D eigenvalue weighted by atomic mass is 16.5. The minimum Gasteiger partial charge on any atom is -0.340 e. The Bertz CT molecular complexity index is 310. The van der Waals surface area contributed by atoms with Crippen molar-refractivity contribution in [1.29, 1.82) is 0 Å². The summed E-state index contributed by atoms with van der Waals surface area (Å²) in [6, 6.07) is 0. The van der Waals surface area contributed by atoms with Gasteiger partial charge in [0, 0.05) is 6.92 Å². The summed E-state index contributed by atoms with van der Waals surface area (Å²) in [4.78, 5) is 4.20. The molecule has 1 aromatic rings. The molecule has 0 radical (unpaired) electrons. The number of hydrogen-bond donors (Lipinski definition) is 1. The lowest BCUT2D eigenvalue weighted by Gasteiger charge is -2.18. The van der Waals surface area contributed by atoms with Crippen LogP contribution in [0.15, 0.2) is 4.52 Å². The molecule has 13 heavy (non-hydrogen) atoms. The van der Waals surface area contributed by atoms with Crippen molar-refractivity contribution in [1.82, 2.24) is 10.1 Å². The van der Waals surface area contributed by atoms with Gasteiger partial charge in [-0.3, -0.25) is 0 Å². The van der Waals surface area contributed by atoms with E-state index in [2.05, 4.69) is 17.1 Å². The third-order valence-corrected chi connectivity index (χ3v) is 2.77. The van der Waals surface area contributed by atoms with Crippen molar-refractivity contribution in [2.75, 3.05) is 0 Å². The second kappa shape index (κ2) is 2.80. The molecule has 1 aliphatic rings. The first-order valence-corrected chi connectivity index (χ1v) is 4.70. The molecule has 4 nitrogen and oxygen atoms in total. The van der Waals surface area contributed by atoms with E-state index in [0.717, 1.165) is 19.3 Å². The maximum atomic E-state index is 6.20. The molecule has 2 N–H and O–H groups in total. The van der Waals surface area contributed by atoms with Crippen LogP contribution in [0.1, 0.15) is 37.9 Å². The molecule has 0 saturated heterocycles. The molecule has 2 rings (SSSR count). The van der Waals surface area contributed by atoms with Crippen LogP contribution in [-0.2, 0) is 5.54 Å². The minimum absolute atomic E-state index is 0.336. The van der Waals surface area contributed by atoms with Gasteiger partial charge in [0.2, 0.25) is 5.89 Å². The van der Waals surface area contributed by atoms with Crippen molar-refractivity contribution >= 4 is 0 Å². The van der Waals surface area contributed by atoms with Crippen LogP contribution in [0.2, 0.25) is 0 Å². The Morgan fingerprint density at radius 2 is 2.38 bits per heavy atom. The van der Waals surface area contributed by atoms with Gasteiger partial charge in [-0.25, -0.2) is 0 Å². The lowest BCUT2D eigenvalue weighted by atomic mass is 9.97. The Kier molecular flexibility index (Phi) is 1.87. The van der Waals surface area contributed by atoms with Gasteiger partial charge in [-0.1, -0.05) is 12.1 Å². The van der Waals surface area contributed by atoms with Gasteiger partial charge in [0.25, 0.3) is 0 Å². The fraction of sp³-hybridized carbons (Fsp3) is 0.778. The van der Waals surface area contributed by atoms with E-state index in [4.69, 9.17) is 10.3 Å². The summed E-state index contributed by atoms with van der Waals surface area (Å²) in [5, 5.41) is 3.89. The molecule has 0 amide bonds. The highest BCUT2D eigenvalue weighted by Gasteiger charge is 2.38. The summed E-state index contributed by atoms with van der Waals surface area (Å²) in [6.45, 7) is 4.00. The smallest absolute Gasteiger partial charge is 0.223 e. The number of nitrogens with two attached hydrogens (primary N) is 1. The normalized spacial score (nSPS) is 33.9. The fourth-order valence-electron chi connectivity index (χ4n) is 2.03. The molecule has 4 heteroatoms. The summed E-state index contributed by atoms with van der Waals surface area (Å²) in [6.07, 6.45) is 3.09. The van der Waals surface area contributed by atoms with Gasteiger partial charge in [0.05, 0.1) is 5.54 Å². The first-order chi connectivity index (χ1) is 6.10. The molecule has 72 valence electrons. The molecule has 1 fully saturated rings. The molecule has 1 aromatic heterocycles. The standard InChI is InChI=1S/C9H15N3O/c1-6-3-4-9(10,5-6)8-11-7(2)13-12-8/h6H,3-5,10H2,1-2H3. The summed E-state index contributed by atoms with van der Waals surface area (Å²) in [5.74, 6) is 1.94. The van der Waals surface area contributed by atoms with Crippen molar-refractivity contribution in [3.05, 3.63) is 11.7 Å². The van der Waals surface area contributed by atoms with E-state index in [1.807, 2.05) is 0 Å². The van der Waals surface area contributed by atoms with Crippen molar-refractivity contribution < 1.29 is 4.52 Å². The van der Waals surface area contributed by atoms with E-state index in [1.54, 1.807) is 6.92 Å². The maximum Gasteiger partial charge on any atom is 0.223 e. The van der Waals surface area contributed by atoms with Gasteiger partial charge in [-0.05, 0) is 25.2 Å². The van der Waals surface area contributed by atoms with E-state index in [9.17, 15) is 0 Å². The molecule has 1 saturated carbocycles. The monoisotopic (exact) mass is 181 g/mol. The van der Waals surface area contributed by atoms with Crippen LogP contribution in [0.25, 0.3) is 0 Å². The zero-order valence-corrected chi connectivity index (χ0v) is 8.08. The zero-order valence-electron chi connectivity index (χ0n) is 8.08. The molecule has 1 aliphatic carbocycles. The molecular formula is C9H15N3O. The average Bonchev–Trinajstić information content (AvgIpc) is 2.60. The van der Waals surface area contributed by atoms with Gasteiger partial charge in [-0.15, -0.1) is 0 Å². The predicted molar refractivity (Wildman–Crippen MR) is 47.9 cm³/mol.